The van der Waals surface area contributed by atoms with Crippen LogP contribution < -0.4 is 4.90 Å². The predicted octanol–water partition coefficient (Wildman–Crippen LogP) is 4.78. The molecule has 0 aromatic heterocycles. The highest BCUT2D eigenvalue weighted by molar-refractivity contribution is 9.10. The first-order valence-corrected chi connectivity index (χ1v) is 7.67. The zero-order valence-corrected chi connectivity index (χ0v) is 14.1. The summed E-state index contributed by atoms with van der Waals surface area (Å²) in [6.45, 7) is 4.28. The summed E-state index contributed by atoms with van der Waals surface area (Å²) in [4.78, 5) is 14.4. The van der Waals surface area contributed by atoms with Crippen LogP contribution in [0.2, 0.25) is 5.02 Å². The van der Waals surface area contributed by atoms with Crippen LogP contribution in [-0.4, -0.2) is 17.6 Å². The van der Waals surface area contributed by atoms with E-state index in [-0.39, 0.29) is 11.7 Å². The van der Waals surface area contributed by atoms with E-state index in [1.807, 2.05) is 13.8 Å². The van der Waals surface area contributed by atoms with Gasteiger partial charge in [-0.1, -0.05) is 17.7 Å². The molecule has 0 unspecified atom stereocenters. The van der Waals surface area contributed by atoms with E-state index >= 15 is 0 Å². The van der Waals surface area contributed by atoms with Crippen LogP contribution in [0.1, 0.15) is 22.8 Å². The Morgan fingerprint density at radius 3 is 2.67 bits per heavy atom. The molecule has 0 atom stereocenters. The van der Waals surface area contributed by atoms with Gasteiger partial charge in [-0.05, 0) is 59.6 Å². The van der Waals surface area contributed by atoms with Crippen LogP contribution in [0.5, 0.6) is 5.75 Å². The van der Waals surface area contributed by atoms with Crippen molar-refractivity contribution in [3.8, 4) is 5.75 Å². The molecule has 0 bridgehead atoms. The largest absolute Gasteiger partial charge is 0.508 e. The molecule has 1 amide bonds. The minimum atomic E-state index is -0.166. The maximum Gasteiger partial charge on any atom is 0.259 e. The van der Waals surface area contributed by atoms with Gasteiger partial charge in [0.05, 0.1) is 11.3 Å². The Balaban J connectivity index is 2.48. The second-order valence-electron chi connectivity index (χ2n) is 4.64. The highest BCUT2D eigenvalue weighted by atomic mass is 79.9. The van der Waals surface area contributed by atoms with E-state index in [0.717, 1.165) is 5.56 Å². The molecule has 0 saturated carbocycles. The highest BCUT2D eigenvalue weighted by Crippen LogP contribution is 2.29. The normalized spacial score (nSPS) is 10.5. The van der Waals surface area contributed by atoms with E-state index in [1.165, 1.54) is 0 Å². The van der Waals surface area contributed by atoms with Crippen LogP contribution in [0.4, 0.5) is 5.69 Å². The molecule has 2 rings (SSSR count). The van der Waals surface area contributed by atoms with Crippen molar-refractivity contribution in [2.24, 2.45) is 0 Å². The number of carbonyl (C=O) groups excluding carboxylic acids is 1. The Morgan fingerprint density at radius 2 is 2.00 bits per heavy atom. The lowest BCUT2D eigenvalue weighted by molar-refractivity contribution is 0.0987. The highest BCUT2D eigenvalue weighted by Gasteiger charge is 2.20. The molecule has 0 aliphatic heterocycles. The summed E-state index contributed by atoms with van der Waals surface area (Å²) in [6, 6.07) is 10.1. The number of carbonyl (C=O) groups is 1. The fourth-order valence-electron chi connectivity index (χ4n) is 2.12. The summed E-state index contributed by atoms with van der Waals surface area (Å²) in [6.07, 6.45) is 0. The fourth-order valence-corrected chi connectivity index (χ4v) is 2.71. The number of aromatic hydroxyl groups is 1. The number of nitrogens with zero attached hydrogens (tertiary/aromatic N) is 1. The Labute approximate surface area is 137 Å². The number of phenolic OH excluding ortho intramolecular Hbond substituents is 1. The lowest BCUT2D eigenvalue weighted by atomic mass is 10.1. The standard InChI is InChI=1S/C16H15BrClNO2/c1-3-19(15-9-12(20)6-4-10(15)2)16(21)13-8-11(18)5-7-14(13)17/h4-9,20H,3H2,1-2H3. The molecule has 0 heterocycles. The molecule has 2 aromatic rings. The number of hydrogen-bond donors (Lipinski definition) is 1. The maximum atomic E-state index is 12.8. The van der Waals surface area contributed by atoms with Gasteiger partial charge in [-0.25, -0.2) is 0 Å². The summed E-state index contributed by atoms with van der Waals surface area (Å²) in [5.74, 6) is -0.0346. The lowest BCUT2D eigenvalue weighted by Crippen LogP contribution is -2.31. The van der Waals surface area contributed by atoms with E-state index in [2.05, 4.69) is 15.9 Å². The van der Waals surface area contributed by atoms with Crippen molar-refractivity contribution >= 4 is 39.1 Å². The van der Waals surface area contributed by atoms with Gasteiger partial charge in [0.1, 0.15) is 5.75 Å². The number of amides is 1. The molecule has 2 aromatic carbocycles. The average molecular weight is 369 g/mol. The number of aryl methyl sites for hydroxylation is 1. The van der Waals surface area contributed by atoms with Crippen molar-refractivity contribution in [1.82, 2.24) is 0 Å². The molecule has 5 heteroatoms. The molecule has 21 heavy (non-hydrogen) atoms. The zero-order valence-electron chi connectivity index (χ0n) is 11.7. The number of rotatable bonds is 3. The summed E-state index contributed by atoms with van der Waals surface area (Å²) in [7, 11) is 0. The summed E-state index contributed by atoms with van der Waals surface area (Å²) >= 11 is 9.36. The van der Waals surface area contributed by atoms with Gasteiger partial charge >= 0.3 is 0 Å². The third-order valence-corrected chi connectivity index (χ3v) is 4.13. The number of hydrogen-bond acceptors (Lipinski definition) is 2. The molecule has 0 radical (unpaired) electrons. The van der Waals surface area contributed by atoms with Crippen LogP contribution in [0.25, 0.3) is 0 Å². The molecule has 1 N–H and O–H groups in total. The van der Waals surface area contributed by atoms with Gasteiger partial charge in [0.25, 0.3) is 5.91 Å². The SMILES string of the molecule is CCN(C(=O)c1cc(Cl)ccc1Br)c1cc(O)ccc1C. The van der Waals surface area contributed by atoms with Gasteiger partial charge in [-0.3, -0.25) is 4.79 Å². The van der Waals surface area contributed by atoms with E-state index in [9.17, 15) is 9.90 Å². The first-order valence-electron chi connectivity index (χ1n) is 6.50. The van der Waals surface area contributed by atoms with Gasteiger partial charge in [0.2, 0.25) is 0 Å². The van der Waals surface area contributed by atoms with Crippen molar-refractivity contribution in [2.45, 2.75) is 13.8 Å². The van der Waals surface area contributed by atoms with Gasteiger partial charge in [-0.2, -0.15) is 0 Å². The van der Waals surface area contributed by atoms with Crippen LogP contribution in [0.3, 0.4) is 0 Å². The predicted molar refractivity (Wildman–Crippen MR) is 89.3 cm³/mol. The van der Waals surface area contributed by atoms with E-state index in [1.54, 1.807) is 41.3 Å². The molecule has 0 fully saturated rings. The Hall–Kier alpha value is -1.52. The third-order valence-electron chi connectivity index (χ3n) is 3.20. The van der Waals surface area contributed by atoms with Crippen molar-refractivity contribution in [3.63, 3.8) is 0 Å². The van der Waals surface area contributed by atoms with Crippen LogP contribution >= 0.6 is 27.5 Å². The Bertz CT molecular complexity index is 688. The van der Waals surface area contributed by atoms with Crippen molar-refractivity contribution in [2.75, 3.05) is 11.4 Å². The topological polar surface area (TPSA) is 40.5 Å². The van der Waals surface area contributed by atoms with E-state index in [4.69, 9.17) is 11.6 Å². The second-order valence-corrected chi connectivity index (χ2v) is 5.94. The van der Waals surface area contributed by atoms with Crippen LogP contribution in [0, 0.1) is 6.92 Å². The number of anilines is 1. The molecule has 0 saturated heterocycles. The minimum Gasteiger partial charge on any atom is -0.508 e. The minimum absolute atomic E-state index is 0.131. The first kappa shape index (κ1) is 15.9. The number of benzene rings is 2. The Morgan fingerprint density at radius 1 is 1.29 bits per heavy atom. The maximum absolute atomic E-state index is 12.8. The average Bonchev–Trinajstić information content (AvgIpc) is 2.46. The molecule has 0 aliphatic rings. The first-order chi connectivity index (χ1) is 9.93. The second kappa shape index (κ2) is 6.50. The van der Waals surface area contributed by atoms with Crippen LogP contribution in [0.15, 0.2) is 40.9 Å². The van der Waals surface area contributed by atoms with Crippen molar-refractivity contribution in [3.05, 3.63) is 57.0 Å². The number of halogens is 2. The third kappa shape index (κ3) is 3.39. The fraction of sp³-hybridized carbons (Fsp3) is 0.188. The molecular formula is C16H15BrClNO2. The van der Waals surface area contributed by atoms with E-state index in [0.29, 0.717) is 27.3 Å². The lowest BCUT2D eigenvalue weighted by Gasteiger charge is -2.23. The molecule has 0 spiro atoms. The van der Waals surface area contributed by atoms with Crippen molar-refractivity contribution in [1.29, 1.82) is 0 Å². The van der Waals surface area contributed by atoms with Gasteiger partial charge in [0, 0.05) is 22.1 Å². The monoisotopic (exact) mass is 367 g/mol. The molecule has 110 valence electrons. The number of phenols is 1. The summed E-state index contributed by atoms with van der Waals surface area (Å²) in [5, 5.41) is 10.2. The smallest absolute Gasteiger partial charge is 0.259 e. The zero-order chi connectivity index (χ0) is 15.6. The quantitative estimate of drug-likeness (QED) is 0.846. The van der Waals surface area contributed by atoms with Gasteiger partial charge < -0.3 is 10.0 Å². The molecule has 3 nitrogen and oxygen atoms in total. The van der Waals surface area contributed by atoms with Crippen LogP contribution in [-0.2, 0) is 0 Å². The molecular weight excluding hydrogens is 354 g/mol. The molecule has 0 aliphatic carbocycles. The summed E-state index contributed by atoms with van der Waals surface area (Å²) < 4.78 is 0.688. The summed E-state index contributed by atoms with van der Waals surface area (Å²) in [5.41, 5.74) is 2.10. The van der Waals surface area contributed by atoms with Crippen molar-refractivity contribution < 1.29 is 9.90 Å². The van der Waals surface area contributed by atoms with E-state index < -0.39 is 0 Å². The Kier molecular flexibility index (Phi) is 4.91. The van der Waals surface area contributed by atoms with Gasteiger partial charge in [0.15, 0.2) is 0 Å². The van der Waals surface area contributed by atoms with Gasteiger partial charge in [-0.15, -0.1) is 0 Å².